The number of alkyl halides is 3. The Balaban J connectivity index is 1.87. The summed E-state index contributed by atoms with van der Waals surface area (Å²) in [6.07, 6.45) is -4.50. The summed E-state index contributed by atoms with van der Waals surface area (Å²) in [5.74, 6) is 1.16. The largest absolute Gasteiger partial charge is 0.497 e. The standard InChI is InChI=1S/C17H12F3NO3S/c1-23-12-5-2-10(3-6-12)9-25-16-21-14-8-11(17(18,19)20)4-7-13(14)15(22)24-16/h2-8H,9H2,1H3. The highest BCUT2D eigenvalue weighted by molar-refractivity contribution is 7.98. The van der Waals surface area contributed by atoms with Crippen LogP contribution >= 0.6 is 11.8 Å². The predicted molar refractivity (Wildman–Crippen MR) is 87.8 cm³/mol. The zero-order valence-electron chi connectivity index (χ0n) is 13.0. The van der Waals surface area contributed by atoms with Crippen molar-refractivity contribution >= 4 is 22.7 Å². The Kier molecular flexibility index (Phi) is 4.71. The van der Waals surface area contributed by atoms with E-state index in [1.807, 2.05) is 12.1 Å². The van der Waals surface area contributed by atoms with Crippen molar-refractivity contribution in [2.24, 2.45) is 0 Å². The lowest BCUT2D eigenvalue weighted by Gasteiger charge is -2.07. The van der Waals surface area contributed by atoms with Gasteiger partial charge in [0.25, 0.3) is 5.22 Å². The van der Waals surface area contributed by atoms with Crippen LogP contribution in [0.4, 0.5) is 13.2 Å². The van der Waals surface area contributed by atoms with Gasteiger partial charge >= 0.3 is 11.8 Å². The van der Waals surface area contributed by atoms with E-state index in [2.05, 4.69) is 4.98 Å². The molecule has 0 aliphatic rings. The van der Waals surface area contributed by atoms with E-state index in [9.17, 15) is 18.0 Å². The Labute approximate surface area is 144 Å². The third-order valence-electron chi connectivity index (χ3n) is 3.46. The molecule has 0 saturated heterocycles. The summed E-state index contributed by atoms with van der Waals surface area (Å²) in [7, 11) is 1.56. The third kappa shape index (κ3) is 3.96. The minimum atomic E-state index is -4.50. The van der Waals surface area contributed by atoms with Crippen molar-refractivity contribution in [2.75, 3.05) is 7.11 Å². The van der Waals surface area contributed by atoms with Crippen LogP contribution in [-0.2, 0) is 11.9 Å². The van der Waals surface area contributed by atoms with Crippen LogP contribution in [0.3, 0.4) is 0 Å². The van der Waals surface area contributed by atoms with E-state index in [0.29, 0.717) is 11.5 Å². The summed E-state index contributed by atoms with van der Waals surface area (Å²) in [5, 5.41) is 0.0365. The van der Waals surface area contributed by atoms with Crippen molar-refractivity contribution < 1.29 is 22.3 Å². The molecule has 0 unspecified atom stereocenters. The minimum absolute atomic E-state index is 0.0156. The molecule has 3 rings (SSSR count). The first kappa shape index (κ1) is 17.3. The Morgan fingerprint density at radius 3 is 2.52 bits per heavy atom. The Morgan fingerprint density at radius 2 is 1.88 bits per heavy atom. The van der Waals surface area contributed by atoms with Crippen molar-refractivity contribution in [3.05, 3.63) is 64.0 Å². The molecule has 130 valence electrons. The van der Waals surface area contributed by atoms with Gasteiger partial charge in [-0.15, -0.1) is 0 Å². The molecule has 0 aliphatic carbocycles. The normalized spacial score (nSPS) is 11.7. The molecule has 0 spiro atoms. The fraction of sp³-hybridized carbons (Fsp3) is 0.176. The zero-order chi connectivity index (χ0) is 18.0. The van der Waals surface area contributed by atoms with Crippen LogP contribution < -0.4 is 10.4 Å². The van der Waals surface area contributed by atoms with Crippen molar-refractivity contribution in [2.45, 2.75) is 17.2 Å². The van der Waals surface area contributed by atoms with E-state index in [0.717, 1.165) is 35.5 Å². The molecule has 1 heterocycles. The predicted octanol–water partition coefficient (Wildman–Crippen LogP) is 4.51. The second kappa shape index (κ2) is 6.79. The number of ether oxygens (including phenoxy) is 1. The molecule has 0 bridgehead atoms. The number of rotatable bonds is 4. The summed E-state index contributed by atoms with van der Waals surface area (Å²) in [4.78, 5) is 16.0. The van der Waals surface area contributed by atoms with Crippen LogP contribution in [0, 0.1) is 0 Å². The van der Waals surface area contributed by atoms with Crippen LogP contribution in [0.15, 0.2) is 56.9 Å². The lowest BCUT2D eigenvalue weighted by molar-refractivity contribution is -0.137. The van der Waals surface area contributed by atoms with Crippen molar-refractivity contribution in [1.29, 1.82) is 0 Å². The molecule has 0 fully saturated rings. The van der Waals surface area contributed by atoms with Gasteiger partial charge in [-0.25, -0.2) is 9.78 Å². The second-order valence-electron chi connectivity index (χ2n) is 5.13. The topological polar surface area (TPSA) is 52.3 Å². The fourth-order valence-corrected chi connectivity index (χ4v) is 2.94. The van der Waals surface area contributed by atoms with Crippen LogP contribution in [0.5, 0.6) is 5.75 Å². The van der Waals surface area contributed by atoms with Crippen molar-refractivity contribution in [3.8, 4) is 5.75 Å². The zero-order valence-corrected chi connectivity index (χ0v) is 13.8. The molecular formula is C17H12F3NO3S. The van der Waals surface area contributed by atoms with Gasteiger partial charge in [-0.1, -0.05) is 23.9 Å². The number of aromatic nitrogens is 1. The van der Waals surface area contributed by atoms with Gasteiger partial charge in [-0.3, -0.25) is 0 Å². The Hall–Kier alpha value is -2.48. The molecule has 0 aliphatic heterocycles. The Bertz CT molecular complexity index is 952. The van der Waals surface area contributed by atoms with E-state index >= 15 is 0 Å². The molecule has 4 nitrogen and oxygen atoms in total. The lowest BCUT2D eigenvalue weighted by atomic mass is 10.1. The van der Waals surface area contributed by atoms with Gasteiger partial charge in [0.1, 0.15) is 5.75 Å². The van der Waals surface area contributed by atoms with Gasteiger partial charge in [-0.2, -0.15) is 13.2 Å². The first-order valence-electron chi connectivity index (χ1n) is 7.14. The quantitative estimate of drug-likeness (QED) is 0.635. The van der Waals surface area contributed by atoms with E-state index in [1.165, 1.54) is 0 Å². The number of thioether (sulfide) groups is 1. The minimum Gasteiger partial charge on any atom is -0.497 e. The van der Waals surface area contributed by atoms with E-state index in [-0.39, 0.29) is 16.1 Å². The van der Waals surface area contributed by atoms with Gasteiger partial charge in [-0.05, 0) is 35.9 Å². The number of hydrogen-bond donors (Lipinski definition) is 0. The molecule has 8 heteroatoms. The maximum absolute atomic E-state index is 12.8. The average molecular weight is 367 g/mol. The van der Waals surface area contributed by atoms with Crippen molar-refractivity contribution in [3.63, 3.8) is 0 Å². The van der Waals surface area contributed by atoms with Crippen LogP contribution in [0.1, 0.15) is 11.1 Å². The van der Waals surface area contributed by atoms with Gasteiger partial charge in [0, 0.05) is 5.75 Å². The molecule has 2 aromatic carbocycles. The summed E-state index contributed by atoms with van der Waals surface area (Å²) in [5.41, 5.74) is -0.678. The summed E-state index contributed by atoms with van der Waals surface area (Å²) in [6.45, 7) is 0. The van der Waals surface area contributed by atoms with Gasteiger partial charge < -0.3 is 9.15 Å². The number of hydrogen-bond acceptors (Lipinski definition) is 5. The van der Waals surface area contributed by atoms with Gasteiger partial charge in [0.15, 0.2) is 0 Å². The van der Waals surface area contributed by atoms with Crippen LogP contribution in [0.25, 0.3) is 10.9 Å². The van der Waals surface area contributed by atoms with E-state index in [4.69, 9.17) is 9.15 Å². The van der Waals surface area contributed by atoms with Crippen LogP contribution in [0.2, 0.25) is 0 Å². The Morgan fingerprint density at radius 1 is 1.16 bits per heavy atom. The summed E-state index contributed by atoms with van der Waals surface area (Å²) >= 11 is 1.13. The highest BCUT2D eigenvalue weighted by Gasteiger charge is 2.30. The maximum Gasteiger partial charge on any atom is 0.416 e. The SMILES string of the molecule is COc1ccc(CSc2nc3cc(C(F)(F)F)ccc3c(=O)o2)cc1. The smallest absolute Gasteiger partial charge is 0.416 e. The number of fused-ring (bicyclic) bond motifs is 1. The molecule has 0 atom stereocenters. The molecule has 0 radical (unpaired) electrons. The molecule has 0 saturated carbocycles. The van der Waals surface area contributed by atoms with E-state index < -0.39 is 17.4 Å². The third-order valence-corrected chi connectivity index (χ3v) is 4.36. The number of methoxy groups -OCH3 is 1. The highest BCUT2D eigenvalue weighted by atomic mass is 32.2. The lowest BCUT2D eigenvalue weighted by Crippen LogP contribution is -2.07. The van der Waals surface area contributed by atoms with Crippen LogP contribution in [-0.4, -0.2) is 12.1 Å². The molecule has 0 amide bonds. The van der Waals surface area contributed by atoms with Crippen molar-refractivity contribution in [1.82, 2.24) is 4.98 Å². The summed E-state index contributed by atoms with van der Waals surface area (Å²) < 4.78 is 48.5. The first-order valence-corrected chi connectivity index (χ1v) is 8.13. The molecule has 0 N–H and O–H groups in total. The van der Waals surface area contributed by atoms with E-state index in [1.54, 1.807) is 19.2 Å². The van der Waals surface area contributed by atoms with Gasteiger partial charge in [0.05, 0.1) is 23.6 Å². The molecule has 1 aromatic heterocycles. The highest BCUT2D eigenvalue weighted by Crippen LogP contribution is 2.31. The number of benzene rings is 2. The molecule has 25 heavy (non-hydrogen) atoms. The molecular weight excluding hydrogens is 355 g/mol. The summed E-state index contributed by atoms with van der Waals surface area (Å²) in [6, 6.07) is 10.0. The molecule has 3 aromatic rings. The average Bonchev–Trinajstić information content (AvgIpc) is 2.59. The number of halogens is 3. The fourth-order valence-electron chi connectivity index (χ4n) is 2.16. The number of nitrogens with zero attached hydrogens (tertiary/aromatic N) is 1. The second-order valence-corrected chi connectivity index (χ2v) is 6.06. The monoisotopic (exact) mass is 367 g/mol. The van der Waals surface area contributed by atoms with Gasteiger partial charge in [0.2, 0.25) is 0 Å². The first-order chi connectivity index (χ1) is 11.9. The maximum atomic E-state index is 12.8.